The minimum absolute atomic E-state index is 0.0135. The summed E-state index contributed by atoms with van der Waals surface area (Å²) in [5.41, 5.74) is 5.07. The lowest BCUT2D eigenvalue weighted by atomic mass is 10.2. The zero-order chi connectivity index (χ0) is 18.4. The van der Waals surface area contributed by atoms with Crippen molar-refractivity contribution >= 4 is 56.3 Å². The predicted molar refractivity (Wildman–Crippen MR) is 110 cm³/mol. The quantitative estimate of drug-likeness (QED) is 0.310. The molecule has 25 heavy (non-hydrogen) atoms. The van der Waals surface area contributed by atoms with Gasteiger partial charge in [0, 0.05) is 9.26 Å². The summed E-state index contributed by atoms with van der Waals surface area (Å²) in [4.78, 5) is 11.8. The van der Waals surface area contributed by atoms with Crippen LogP contribution in [0.5, 0.6) is 11.5 Å². The van der Waals surface area contributed by atoms with Crippen LogP contribution in [0.15, 0.2) is 39.9 Å². The molecule has 2 rings (SSSR count). The van der Waals surface area contributed by atoms with Crippen molar-refractivity contribution in [2.75, 3.05) is 19.0 Å². The minimum atomic E-state index is -0.274. The minimum Gasteiger partial charge on any atom is -0.504 e. The van der Waals surface area contributed by atoms with Gasteiger partial charge in [0.25, 0.3) is 5.91 Å². The maximum absolute atomic E-state index is 11.8. The molecular formula is C17H17BrIN3O3. The summed E-state index contributed by atoms with van der Waals surface area (Å²) in [6, 6.07) is 9.11. The second-order valence-corrected chi connectivity index (χ2v) is 7.18. The fourth-order valence-corrected chi connectivity index (χ4v) is 3.00. The summed E-state index contributed by atoms with van der Waals surface area (Å²) >= 11 is 5.56. The van der Waals surface area contributed by atoms with E-state index in [0.717, 1.165) is 11.3 Å². The molecule has 2 aromatic carbocycles. The summed E-state index contributed by atoms with van der Waals surface area (Å²) in [5, 5.41) is 16.7. The molecule has 0 atom stereocenters. The summed E-state index contributed by atoms with van der Waals surface area (Å²) in [6.07, 6.45) is 1.44. The Morgan fingerprint density at radius 3 is 2.80 bits per heavy atom. The van der Waals surface area contributed by atoms with Crippen molar-refractivity contribution < 1.29 is 14.6 Å². The molecule has 0 aliphatic carbocycles. The highest BCUT2D eigenvalue weighted by Crippen LogP contribution is 2.34. The number of aromatic hydroxyl groups is 1. The SMILES string of the molecule is COc1c(O)cc(C=NNC(=O)CNc2ccc(I)c(C)c2)cc1Br. The third-order valence-electron chi connectivity index (χ3n) is 3.26. The molecule has 6 nitrogen and oxygen atoms in total. The summed E-state index contributed by atoms with van der Waals surface area (Å²) in [5.74, 6) is 0.0582. The number of nitrogens with zero attached hydrogens (tertiary/aromatic N) is 1. The summed E-state index contributed by atoms with van der Waals surface area (Å²) in [7, 11) is 1.47. The number of nitrogens with one attached hydrogen (secondary N) is 2. The van der Waals surface area contributed by atoms with Gasteiger partial charge in [-0.3, -0.25) is 4.79 Å². The number of hydrogen-bond acceptors (Lipinski definition) is 5. The summed E-state index contributed by atoms with van der Waals surface area (Å²) < 4.78 is 6.81. The first kappa shape index (κ1) is 19.5. The zero-order valence-corrected chi connectivity index (χ0v) is 17.4. The standard InChI is InChI=1S/C17H17BrIN3O3/c1-10-5-12(3-4-14(10)19)20-9-16(24)22-21-8-11-6-13(18)17(25-2)15(23)7-11/h3-8,20,23H,9H2,1-2H3,(H,22,24). The molecule has 0 saturated heterocycles. The number of ether oxygens (including phenoxy) is 1. The monoisotopic (exact) mass is 517 g/mol. The smallest absolute Gasteiger partial charge is 0.259 e. The van der Waals surface area contributed by atoms with Gasteiger partial charge in [-0.25, -0.2) is 5.43 Å². The van der Waals surface area contributed by atoms with Crippen LogP contribution in [0.2, 0.25) is 0 Å². The highest BCUT2D eigenvalue weighted by atomic mass is 127. The van der Waals surface area contributed by atoms with Crippen LogP contribution in [-0.2, 0) is 4.79 Å². The van der Waals surface area contributed by atoms with E-state index >= 15 is 0 Å². The molecule has 0 aliphatic rings. The van der Waals surface area contributed by atoms with E-state index < -0.39 is 0 Å². The number of halogens is 2. The molecule has 0 fully saturated rings. The second-order valence-electron chi connectivity index (χ2n) is 5.17. The Labute approximate surface area is 167 Å². The van der Waals surface area contributed by atoms with E-state index in [2.05, 4.69) is 54.4 Å². The number of hydrogen-bond donors (Lipinski definition) is 3. The molecule has 0 spiro atoms. The number of anilines is 1. The van der Waals surface area contributed by atoms with Gasteiger partial charge >= 0.3 is 0 Å². The third-order valence-corrected chi connectivity index (χ3v) is 5.06. The Bertz CT molecular complexity index is 789. The van der Waals surface area contributed by atoms with Crippen molar-refractivity contribution in [3.05, 3.63) is 49.5 Å². The third kappa shape index (κ3) is 5.60. The van der Waals surface area contributed by atoms with E-state index in [0.29, 0.717) is 15.8 Å². The lowest BCUT2D eigenvalue weighted by molar-refractivity contribution is -0.119. The fraction of sp³-hybridized carbons (Fsp3) is 0.176. The highest BCUT2D eigenvalue weighted by molar-refractivity contribution is 14.1. The van der Waals surface area contributed by atoms with Crippen LogP contribution >= 0.6 is 38.5 Å². The van der Waals surface area contributed by atoms with Crippen molar-refractivity contribution in [1.29, 1.82) is 0 Å². The van der Waals surface area contributed by atoms with Crippen molar-refractivity contribution in [2.24, 2.45) is 5.10 Å². The zero-order valence-electron chi connectivity index (χ0n) is 13.6. The molecule has 2 aromatic rings. The Hall–Kier alpha value is -1.81. The van der Waals surface area contributed by atoms with Crippen LogP contribution in [0.3, 0.4) is 0 Å². The van der Waals surface area contributed by atoms with Crippen LogP contribution in [0.25, 0.3) is 0 Å². The topological polar surface area (TPSA) is 83.0 Å². The predicted octanol–water partition coefficient (Wildman–Crippen LogP) is 3.64. The van der Waals surface area contributed by atoms with Gasteiger partial charge in [0.05, 0.1) is 24.3 Å². The highest BCUT2D eigenvalue weighted by Gasteiger charge is 2.08. The molecule has 1 amide bonds. The molecule has 0 saturated carbocycles. The maximum atomic E-state index is 11.8. The van der Waals surface area contributed by atoms with E-state index in [4.69, 9.17) is 4.74 Å². The van der Waals surface area contributed by atoms with Crippen LogP contribution in [0, 0.1) is 10.5 Å². The lowest BCUT2D eigenvalue weighted by Crippen LogP contribution is -2.25. The molecule has 132 valence electrons. The van der Waals surface area contributed by atoms with Crippen molar-refractivity contribution in [3.63, 3.8) is 0 Å². The number of methoxy groups -OCH3 is 1. The average Bonchev–Trinajstić information content (AvgIpc) is 2.56. The largest absolute Gasteiger partial charge is 0.504 e. The van der Waals surface area contributed by atoms with E-state index in [1.807, 2.05) is 25.1 Å². The lowest BCUT2D eigenvalue weighted by Gasteiger charge is -2.08. The van der Waals surface area contributed by atoms with Crippen molar-refractivity contribution in [1.82, 2.24) is 5.43 Å². The van der Waals surface area contributed by atoms with E-state index in [1.54, 1.807) is 6.07 Å². The normalized spacial score (nSPS) is 10.7. The number of phenolic OH excluding ortho intramolecular Hbond substituents is 1. The molecule has 3 N–H and O–H groups in total. The molecule has 0 aliphatic heterocycles. The second kappa shape index (κ2) is 9.04. The Kier molecular flexibility index (Phi) is 7.06. The Balaban J connectivity index is 1.89. The van der Waals surface area contributed by atoms with Crippen molar-refractivity contribution in [3.8, 4) is 11.5 Å². The number of rotatable bonds is 6. The molecule has 0 heterocycles. The number of carbonyl (C=O) groups is 1. The van der Waals surface area contributed by atoms with Crippen LogP contribution in [0.1, 0.15) is 11.1 Å². The van der Waals surface area contributed by atoms with Gasteiger partial charge in [-0.2, -0.15) is 5.10 Å². The molecular weight excluding hydrogens is 501 g/mol. The van der Waals surface area contributed by atoms with Gasteiger partial charge in [-0.1, -0.05) is 0 Å². The van der Waals surface area contributed by atoms with Crippen molar-refractivity contribution in [2.45, 2.75) is 6.92 Å². The van der Waals surface area contributed by atoms with Gasteiger partial charge in [0.15, 0.2) is 11.5 Å². The van der Waals surface area contributed by atoms with E-state index in [9.17, 15) is 9.90 Å². The number of amides is 1. The Morgan fingerprint density at radius 2 is 2.16 bits per heavy atom. The number of carbonyl (C=O) groups excluding carboxylic acids is 1. The van der Waals surface area contributed by atoms with Gasteiger partial charge in [-0.05, 0) is 86.9 Å². The molecule has 0 unspecified atom stereocenters. The van der Waals surface area contributed by atoms with E-state index in [1.165, 1.54) is 23.0 Å². The van der Waals surface area contributed by atoms with Gasteiger partial charge in [0.1, 0.15) is 0 Å². The molecule has 0 radical (unpaired) electrons. The van der Waals surface area contributed by atoms with Gasteiger partial charge in [0.2, 0.25) is 0 Å². The number of benzene rings is 2. The summed E-state index contributed by atoms with van der Waals surface area (Å²) in [6.45, 7) is 2.12. The number of aryl methyl sites for hydroxylation is 1. The number of phenols is 1. The van der Waals surface area contributed by atoms with Crippen LogP contribution < -0.4 is 15.5 Å². The van der Waals surface area contributed by atoms with Gasteiger partial charge in [-0.15, -0.1) is 0 Å². The first-order valence-electron chi connectivity index (χ1n) is 7.29. The van der Waals surface area contributed by atoms with Crippen LogP contribution in [0.4, 0.5) is 5.69 Å². The molecule has 8 heteroatoms. The molecule has 0 aromatic heterocycles. The van der Waals surface area contributed by atoms with E-state index in [-0.39, 0.29) is 18.2 Å². The first-order chi connectivity index (χ1) is 11.9. The maximum Gasteiger partial charge on any atom is 0.259 e. The number of hydrazone groups is 1. The van der Waals surface area contributed by atoms with Gasteiger partial charge < -0.3 is 15.2 Å². The first-order valence-corrected chi connectivity index (χ1v) is 9.16. The fourth-order valence-electron chi connectivity index (χ4n) is 2.03. The molecule has 0 bridgehead atoms. The Morgan fingerprint density at radius 1 is 1.40 bits per heavy atom. The average molecular weight is 518 g/mol. The van der Waals surface area contributed by atoms with Crippen LogP contribution in [-0.4, -0.2) is 30.9 Å².